The molecule has 0 N–H and O–H groups in total. The molecule has 0 aliphatic heterocycles. The van der Waals surface area contributed by atoms with Crippen LogP contribution in [0.2, 0.25) is 0 Å². The van der Waals surface area contributed by atoms with E-state index in [0.29, 0.717) is 43.1 Å². The molecule has 0 aromatic heterocycles. The fraction of sp³-hybridized carbons (Fsp3) is 0.455. The van der Waals surface area contributed by atoms with Crippen molar-refractivity contribution in [2.75, 3.05) is 19.0 Å². The van der Waals surface area contributed by atoms with E-state index in [0.717, 1.165) is 19.3 Å². The third-order valence-corrected chi connectivity index (χ3v) is 5.44. The number of hydrogen-bond acceptors (Lipinski definition) is 5. The topological polar surface area (TPSA) is 61.8 Å². The van der Waals surface area contributed by atoms with Crippen LogP contribution in [0.3, 0.4) is 0 Å². The predicted molar refractivity (Wildman–Crippen MR) is 112 cm³/mol. The Morgan fingerprint density at radius 3 is 2.14 bits per heavy atom. The lowest BCUT2D eigenvalue weighted by atomic mass is 10.1. The Balaban J connectivity index is 1.91. The average molecular weight is 425 g/mol. The molecule has 29 heavy (non-hydrogen) atoms. The fourth-order valence-electron chi connectivity index (χ4n) is 2.56. The van der Waals surface area contributed by atoms with Gasteiger partial charge in [-0.2, -0.15) is 8.42 Å². The average Bonchev–Trinajstić information content (AvgIpc) is 2.70. The summed E-state index contributed by atoms with van der Waals surface area (Å²) in [6.07, 6.45) is 3.67. The van der Waals surface area contributed by atoms with Gasteiger partial charge in [0.25, 0.3) is 0 Å². The van der Waals surface area contributed by atoms with Crippen LogP contribution in [-0.2, 0) is 16.5 Å². The lowest BCUT2D eigenvalue weighted by molar-refractivity contribution is 0.266. The summed E-state index contributed by atoms with van der Waals surface area (Å²) in [4.78, 5) is 0. The van der Waals surface area contributed by atoms with Crippen LogP contribution < -0.4 is 13.7 Å². The van der Waals surface area contributed by atoms with Crippen LogP contribution >= 0.6 is 0 Å². The van der Waals surface area contributed by atoms with E-state index in [-0.39, 0.29) is 11.5 Å². The van der Waals surface area contributed by atoms with Gasteiger partial charge in [0, 0.05) is 6.42 Å². The zero-order valence-electron chi connectivity index (χ0n) is 17.0. The van der Waals surface area contributed by atoms with E-state index in [9.17, 15) is 12.8 Å². The van der Waals surface area contributed by atoms with Gasteiger partial charge in [0.05, 0.1) is 19.0 Å². The Labute approximate surface area is 172 Å². The fourth-order valence-corrected chi connectivity index (χ4v) is 3.70. The first-order valence-corrected chi connectivity index (χ1v) is 11.6. The summed E-state index contributed by atoms with van der Waals surface area (Å²) < 4.78 is 54.3. The van der Waals surface area contributed by atoms with Crippen LogP contribution in [0.5, 0.6) is 17.2 Å². The molecule has 0 saturated carbocycles. The molecule has 160 valence electrons. The van der Waals surface area contributed by atoms with Gasteiger partial charge in [-0.25, -0.2) is 4.39 Å². The van der Waals surface area contributed by atoms with Gasteiger partial charge in [-0.1, -0.05) is 44.9 Å². The van der Waals surface area contributed by atoms with Crippen molar-refractivity contribution >= 4 is 10.1 Å². The number of benzene rings is 2. The second-order valence-electron chi connectivity index (χ2n) is 6.71. The minimum absolute atomic E-state index is 0.127. The molecule has 5 nitrogen and oxygen atoms in total. The molecule has 0 heterocycles. The van der Waals surface area contributed by atoms with E-state index in [1.807, 2.05) is 31.2 Å². The van der Waals surface area contributed by atoms with Gasteiger partial charge >= 0.3 is 10.1 Å². The van der Waals surface area contributed by atoms with E-state index in [1.165, 1.54) is 12.1 Å². The van der Waals surface area contributed by atoms with Gasteiger partial charge in [-0.3, -0.25) is 0 Å². The van der Waals surface area contributed by atoms with Gasteiger partial charge in [-0.15, -0.1) is 0 Å². The van der Waals surface area contributed by atoms with Crippen molar-refractivity contribution in [1.29, 1.82) is 0 Å². The predicted octanol–water partition coefficient (Wildman–Crippen LogP) is 5.13. The number of halogens is 1. The van der Waals surface area contributed by atoms with Gasteiger partial charge in [0.1, 0.15) is 0 Å². The molecule has 0 unspecified atom stereocenters. The first-order valence-electron chi connectivity index (χ1n) is 10.0. The van der Waals surface area contributed by atoms with Gasteiger partial charge in [0.15, 0.2) is 23.1 Å². The largest absolute Gasteiger partial charge is 0.490 e. The summed E-state index contributed by atoms with van der Waals surface area (Å²) >= 11 is 0. The van der Waals surface area contributed by atoms with E-state index < -0.39 is 15.9 Å². The summed E-state index contributed by atoms with van der Waals surface area (Å²) in [6, 6.07) is 11.7. The maximum atomic E-state index is 14.2. The van der Waals surface area contributed by atoms with Crippen LogP contribution in [0, 0.1) is 5.82 Å². The summed E-state index contributed by atoms with van der Waals surface area (Å²) in [5.74, 6) is 0.226. The van der Waals surface area contributed by atoms with Gasteiger partial charge in [-0.05, 0) is 42.7 Å². The molecule has 0 bridgehead atoms. The first-order chi connectivity index (χ1) is 13.9. The zero-order valence-corrected chi connectivity index (χ0v) is 17.8. The normalized spacial score (nSPS) is 11.3. The molecule has 0 amide bonds. The van der Waals surface area contributed by atoms with Crippen molar-refractivity contribution in [2.45, 2.75) is 46.0 Å². The number of unbranched alkanes of at least 4 members (excludes halogenated alkanes) is 2. The van der Waals surface area contributed by atoms with Crippen molar-refractivity contribution in [1.82, 2.24) is 0 Å². The minimum Gasteiger partial charge on any atom is -0.490 e. The molecule has 2 aromatic carbocycles. The Bertz CT molecular complexity index is 867. The van der Waals surface area contributed by atoms with E-state index in [1.54, 1.807) is 6.07 Å². The van der Waals surface area contributed by atoms with Crippen LogP contribution in [0.15, 0.2) is 42.5 Å². The summed E-state index contributed by atoms with van der Waals surface area (Å²) in [5, 5.41) is 0. The monoisotopic (exact) mass is 424 g/mol. The standard InChI is InChI=1S/C22H29FO5S/c1-3-5-14-26-21-9-7-8-10-22(21)27-15-13-18-11-12-20(19(23)17-18)28-29(24,25)16-6-4-2/h7-12,17H,3-6,13-16H2,1-2H3. The van der Waals surface area contributed by atoms with Gasteiger partial charge in [0.2, 0.25) is 0 Å². The lowest BCUT2D eigenvalue weighted by Crippen LogP contribution is -2.14. The molecule has 2 rings (SSSR count). The lowest BCUT2D eigenvalue weighted by Gasteiger charge is -2.13. The Kier molecular flexibility index (Phi) is 9.25. The van der Waals surface area contributed by atoms with Crippen LogP contribution in [0.25, 0.3) is 0 Å². The summed E-state index contributed by atoms with van der Waals surface area (Å²) in [7, 11) is -3.78. The van der Waals surface area contributed by atoms with Crippen LogP contribution in [0.1, 0.15) is 45.1 Å². The van der Waals surface area contributed by atoms with Crippen molar-refractivity contribution in [3.63, 3.8) is 0 Å². The highest BCUT2D eigenvalue weighted by atomic mass is 32.2. The molecular weight excluding hydrogens is 395 g/mol. The third-order valence-electron chi connectivity index (χ3n) is 4.21. The van der Waals surface area contributed by atoms with Crippen molar-refractivity contribution in [3.05, 3.63) is 53.8 Å². The van der Waals surface area contributed by atoms with Crippen molar-refractivity contribution in [3.8, 4) is 17.2 Å². The third kappa shape index (κ3) is 7.93. The maximum Gasteiger partial charge on any atom is 0.309 e. The second kappa shape index (κ2) is 11.7. The number of hydrogen-bond donors (Lipinski definition) is 0. The van der Waals surface area contributed by atoms with Crippen molar-refractivity contribution < 1.29 is 26.5 Å². The zero-order chi connectivity index (χ0) is 21.1. The molecule has 0 spiro atoms. The SMILES string of the molecule is CCCCOc1ccccc1OCCc1ccc(OS(=O)(=O)CCCC)c(F)c1. The maximum absolute atomic E-state index is 14.2. The quantitative estimate of drug-likeness (QED) is 0.329. The Hall–Kier alpha value is -2.28. The molecular formula is C22H29FO5S. The highest BCUT2D eigenvalue weighted by Gasteiger charge is 2.15. The van der Waals surface area contributed by atoms with Crippen molar-refractivity contribution in [2.24, 2.45) is 0 Å². The molecule has 2 aromatic rings. The van der Waals surface area contributed by atoms with E-state index in [4.69, 9.17) is 13.7 Å². The first kappa shape index (κ1) is 23.0. The van der Waals surface area contributed by atoms with Crippen LogP contribution in [-0.4, -0.2) is 27.4 Å². The molecule has 0 aliphatic rings. The number of rotatable bonds is 13. The molecule has 0 radical (unpaired) electrons. The van der Waals surface area contributed by atoms with Gasteiger partial charge < -0.3 is 13.7 Å². The molecule has 0 fully saturated rings. The Morgan fingerprint density at radius 1 is 0.862 bits per heavy atom. The molecule has 0 saturated heterocycles. The van der Waals surface area contributed by atoms with E-state index >= 15 is 0 Å². The second-order valence-corrected chi connectivity index (χ2v) is 8.40. The number of para-hydroxylation sites is 2. The highest BCUT2D eigenvalue weighted by molar-refractivity contribution is 7.87. The van der Waals surface area contributed by atoms with E-state index in [2.05, 4.69) is 6.92 Å². The summed E-state index contributed by atoms with van der Waals surface area (Å²) in [5.41, 5.74) is 0.685. The highest BCUT2D eigenvalue weighted by Crippen LogP contribution is 2.27. The number of ether oxygens (including phenoxy) is 2. The smallest absolute Gasteiger partial charge is 0.309 e. The molecule has 7 heteroatoms. The Morgan fingerprint density at radius 2 is 1.52 bits per heavy atom. The summed E-state index contributed by atoms with van der Waals surface area (Å²) in [6.45, 7) is 4.94. The minimum atomic E-state index is -3.78. The molecule has 0 atom stereocenters. The molecule has 0 aliphatic carbocycles. The van der Waals surface area contributed by atoms with Crippen LogP contribution in [0.4, 0.5) is 4.39 Å².